The molecule has 0 aliphatic carbocycles. The predicted molar refractivity (Wildman–Crippen MR) is 75.2 cm³/mol. The Bertz CT molecular complexity index is 842. The summed E-state index contributed by atoms with van der Waals surface area (Å²) in [5, 5.41) is 8.65. The second-order valence-corrected chi connectivity index (χ2v) is 6.28. The van der Waals surface area contributed by atoms with Crippen molar-refractivity contribution in [3.05, 3.63) is 47.8 Å². The zero-order valence-electron chi connectivity index (χ0n) is 11.0. The van der Waals surface area contributed by atoms with Gasteiger partial charge in [-0.3, -0.25) is 0 Å². The van der Waals surface area contributed by atoms with Crippen LogP contribution in [0.2, 0.25) is 0 Å². The SMILES string of the molecule is CS(=O)(=O)c1cccc(Oc2ccc(C#N)c(F)c2)c1N. The number of anilines is 1. The van der Waals surface area contributed by atoms with E-state index in [-0.39, 0.29) is 27.6 Å². The van der Waals surface area contributed by atoms with Crippen LogP contribution < -0.4 is 10.5 Å². The monoisotopic (exact) mass is 306 g/mol. The van der Waals surface area contributed by atoms with Crippen LogP contribution >= 0.6 is 0 Å². The van der Waals surface area contributed by atoms with Crippen molar-refractivity contribution >= 4 is 15.5 Å². The predicted octanol–water partition coefficient (Wildman–Crippen LogP) is 2.48. The van der Waals surface area contributed by atoms with Crippen LogP contribution in [0.5, 0.6) is 11.5 Å². The number of sulfone groups is 1. The molecule has 0 saturated carbocycles. The van der Waals surface area contributed by atoms with Crippen LogP contribution in [-0.2, 0) is 9.84 Å². The molecule has 0 aliphatic heterocycles. The number of hydrogen-bond acceptors (Lipinski definition) is 5. The van der Waals surface area contributed by atoms with Gasteiger partial charge in [0.15, 0.2) is 15.6 Å². The molecule has 0 aromatic heterocycles. The summed E-state index contributed by atoms with van der Waals surface area (Å²) in [6.45, 7) is 0. The molecule has 2 rings (SSSR count). The smallest absolute Gasteiger partial charge is 0.177 e. The highest BCUT2D eigenvalue weighted by molar-refractivity contribution is 7.90. The highest BCUT2D eigenvalue weighted by Gasteiger charge is 2.15. The Balaban J connectivity index is 2.42. The normalized spacial score (nSPS) is 10.9. The van der Waals surface area contributed by atoms with Crippen LogP contribution in [0.1, 0.15) is 5.56 Å². The van der Waals surface area contributed by atoms with E-state index in [9.17, 15) is 12.8 Å². The number of nitrogens with zero attached hydrogens (tertiary/aromatic N) is 1. The molecule has 108 valence electrons. The third-order valence-corrected chi connectivity index (χ3v) is 3.87. The van der Waals surface area contributed by atoms with E-state index in [1.807, 2.05) is 0 Å². The average Bonchev–Trinajstić information content (AvgIpc) is 2.40. The Hall–Kier alpha value is -2.59. The Labute approximate surface area is 121 Å². The third-order valence-electron chi connectivity index (χ3n) is 2.71. The Morgan fingerprint density at radius 3 is 2.57 bits per heavy atom. The van der Waals surface area contributed by atoms with E-state index in [2.05, 4.69) is 0 Å². The number of benzene rings is 2. The lowest BCUT2D eigenvalue weighted by atomic mass is 10.2. The number of para-hydroxylation sites is 1. The van der Waals surface area contributed by atoms with Crippen molar-refractivity contribution in [2.75, 3.05) is 12.0 Å². The zero-order valence-corrected chi connectivity index (χ0v) is 11.8. The van der Waals surface area contributed by atoms with Crippen molar-refractivity contribution in [3.63, 3.8) is 0 Å². The van der Waals surface area contributed by atoms with Gasteiger partial charge in [0.05, 0.1) is 16.1 Å². The van der Waals surface area contributed by atoms with Crippen LogP contribution in [0, 0.1) is 17.1 Å². The molecule has 0 spiro atoms. The molecule has 0 aliphatic rings. The molecule has 0 bridgehead atoms. The van der Waals surface area contributed by atoms with Crippen molar-refractivity contribution in [2.45, 2.75) is 4.90 Å². The molecule has 2 aromatic carbocycles. The second kappa shape index (κ2) is 5.42. The first-order chi connectivity index (χ1) is 9.82. The lowest BCUT2D eigenvalue weighted by Crippen LogP contribution is -2.03. The van der Waals surface area contributed by atoms with Gasteiger partial charge in [0, 0.05) is 12.3 Å². The Morgan fingerprint density at radius 2 is 2.00 bits per heavy atom. The van der Waals surface area contributed by atoms with Crippen LogP contribution in [0.4, 0.5) is 10.1 Å². The maximum absolute atomic E-state index is 13.5. The lowest BCUT2D eigenvalue weighted by molar-refractivity contribution is 0.477. The first-order valence-corrected chi connectivity index (χ1v) is 7.68. The van der Waals surface area contributed by atoms with Crippen molar-refractivity contribution in [1.29, 1.82) is 5.26 Å². The summed E-state index contributed by atoms with van der Waals surface area (Å²) < 4.78 is 42.0. The molecule has 0 saturated heterocycles. The molecule has 7 heteroatoms. The van der Waals surface area contributed by atoms with Gasteiger partial charge in [0.1, 0.15) is 17.6 Å². The van der Waals surface area contributed by atoms with E-state index in [4.69, 9.17) is 15.7 Å². The molecule has 2 aromatic rings. The summed E-state index contributed by atoms with van der Waals surface area (Å²) in [4.78, 5) is -0.0610. The quantitative estimate of drug-likeness (QED) is 0.879. The Morgan fingerprint density at radius 1 is 1.29 bits per heavy atom. The summed E-state index contributed by atoms with van der Waals surface area (Å²) >= 11 is 0. The van der Waals surface area contributed by atoms with Crippen molar-refractivity contribution in [2.24, 2.45) is 0 Å². The molecule has 0 unspecified atom stereocenters. The molecular weight excluding hydrogens is 295 g/mol. The molecule has 0 radical (unpaired) electrons. The van der Waals surface area contributed by atoms with Gasteiger partial charge in [-0.2, -0.15) is 5.26 Å². The first-order valence-electron chi connectivity index (χ1n) is 5.79. The minimum Gasteiger partial charge on any atom is -0.455 e. The summed E-state index contributed by atoms with van der Waals surface area (Å²) in [6, 6.07) is 9.69. The van der Waals surface area contributed by atoms with Crippen LogP contribution in [0.3, 0.4) is 0 Å². The summed E-state index contributed by atoms with van der Waals surface area (Å²) in [7, 11) is -3.49. The first kappa shape index (κ1) is 14.8. The van der Waals surface area contributed by atoms with E-state index in [1.54, 1.807) is 6.07 Å². The number of halogens is 1. The molecule has 21 heavy (non-hydrogen) atoms. The van der Waals surface area contributed by atoms with Gasteiger partial charge >= 0.3 is 0 Å². The fourth-order valence-corrected chi connectivity index (χ4v) is 2.54. The lowest BCUT2D eigenvalue weighted by Gasteiger charge is -2.11. The number of nitrogens with two attached hydrogens (primary N) is 1. The standard InChI is InChI=1S/C14H11FN2O3S/c1-21(18,19)13-4-2-3-12(14(13)17)20-10-6-5-9(8-16)11(15)7-10/h2-7H,17H2,1H3. The number of rotatable bonds is 3. The van der Waals surface area contributed by atoms with Crippen molar-refractivity contribution in [3.8, 4) is 17.6 Å². The van der Waals surface area contributed by atoms with Crippen LogP contribution in [-0.4, -0.2) is 14.7 Å². The fourth-order valence-electron chi connectivity index (χ4n) is 1.71. The van der Waals surface area contributed by atoms with Crippen molar-refractivity contribution in [1.82, 2.24) is 0 Å². The topological polar surface area (TPSA) is 93.2 Å². The summed E-state index contributed by atoms with van der Waals surface area (Å²) in [5.41, 5.74) is 5.60. The van der Waals surface area contributed by atoms with E-state index in [1.165, 1.54) is 30.3 Å². The maximum atomic E-state index is 13.5. The van der Waals surface area contributed by atoms with E-state index < -0.39 is 15.7 Å². The van der Waals surface area contributed by atoms with Gasteiger partial charge in [0.2, 0.25) is 0 Å². The van der Waals surface area contributed by atoms with E-state index >= 15 is 0 Å². The molecule has 0 fully saturated rings. The number of nitriles is 1. The minimum absolute atomic E-state index is 0.0511. The highest BCUT2D eigenvalue weighted by atomic mass is 32.2. The fraction of sp³-hybridized carbons (Fsp3) is 0.0714. The van der Waals surface area contributed by atoms with Gasteiger partial charge in [-0.15, -0.1) is 0 Å². The highest BCUT2D eigenvalue weighted by Crippen LogP contribution is 2.32. The van der Waals surface area contributed by atoms with Gasteiger partial charge in [-0.25, -0.2) is 12.8 Å². The summed E-state index contributed by atoms with van der Waals surface area (Å²) in [5.74, 6) is -0.515. The van der Waals surface area contributed by atoms with Gasteiger partial charge in [0.25, 0.3) is 0 Å². The number of hydrogen-bond donors (Lipinski definition) is 1. The van der Waals surface area contributed by atoms with Crippen LogP contribution in [0.15, 0.2) is 41.3 Å². The van der Waals surface area contributed by atoms with Gasteiger partial charge in [-0.1, -0.05) is 6.07 Å². The second-order valence-electron chi connectivity index (χ2n) is 4.30. The molecule has 2 N–H and O–H groups in total. The average molecular weight is 306 g/mol. The minimum atomic E-state index is -3.49. The van der Waals surface area contributed by atoms with Crippen LogP contribution in [0.25, 0.3) is 0 Å². The van der Waals surface area contributed by atoms with Gasteiger partial charge in [-0.05, 0) is 24.3 Å². The molecular formula is C14H11FN2O3S. The largest absolute Gasteiger partial charge is 0.455 e. The van der Waals surface area contributed by atoms with E-state index in [0.29, 0.717) is 0 Å². The summed E-state index contributed by atoms with van der Waals surface area (Å²) in [6.07, 6.45) is 1.03. The number of ether oxygens (including phenoxy) is 1. The number of nitrogen functional groups attached to an aromatic ring is 1. The van der Waals surface area contributed by atoms with E-state index in [0.717, 1.165) is 12.3 Å². The zero-order chi connectivity index (χ0) is 15.6. The molecule has 5 nitrogen and oxygen atoms in total. The molecule has 0 atom stereocenters. The van der Waals surface area contributed by atoms with Crippen molar-refractivity contribution < 1.29 is 17.5 Å². The third kappa shape index (κ3) is 3.12. The Kier molecular flexibility index (Phi) is 3.82. The molecule has 0 amide bonds. The molecule has 0 heterocycles. The maximum Gasteiger partial charge on any atom is 0.177 e. The van der Waals surface area contributed by atoms with Gasteiger partial charge < -0.3 is 10.5 Å².